The van der Waals surface area contributed by atoms with Crippen LogP contribution in [0.2, 0.25) is 0 Å². The second-order valence-corrected chi connectivity index (χ2v) is 7.39. The number of thioether (sulfide) groups is 1. The average molecular weight is 309 g/mol. The number of nitrogens with one attached hydrogen (secondary N) is 1. The van der Waals surface area contributed by atoms with Gasteiger partial charge in [0.2, 0.25) is 0 Å². The SMILES string of the molecule is CCCNC1c2cc(OC)ccc2CCC1SC(C)CO. The highest BCUT2D eigenvalue weighted by Gasteiger charge is 2.30. The molecule has 0 radical (unpaired) electrons. The maximum Gasteiger partial charge on any atom is 0.119 e. The molecule has 1 aromatic carbocycles. The molecule has 3 unspecified atom stereocenters. The third kappa shape index (κ3) is 4.15. The molecule has 3 nitrogen and oxygen atoms in total. The highest BCUT2D eigenvalue weighted by atomic mass is 32.2. The zero-order valence-corrected chi connectivity index (χ0v) is 14.1. The zero-order valence-electron chi connectivity index (χ0n) is 13.3. The van der Waals surface area contributed by atoms with Crippen LogP contribution in [0, 0.1) is 0 Å². The van der Waals surface area contributed by atoms with Crippen molar-refractivity contribution in [3.63, 3.8) is 0 Å². The second kappa shape index (κ2) is 8.06. The topological polar surface area (TPSA) is 41.5 Å². The molecule has 0 spiro atoms. The summed E-state index contributed by atoms with van der Waals surface area (Å²) in [6.07, 6.45) is 3.40. The Hall–Kier alpha value is -0.710. The molecule has 118 valence electrons. The summed E-state index contributed by atoms with van der Waals surface area (Å²) in [7, 11) is 1.72. The summed E-state index contributed by atoms with van der Waals surface area (Å²) in [5.41, 5.74) is 2.80. The first-order valence-electron chi connectivity index (χ1n) is 7.86. The number of hydrogen-bond donors (Lipinski definition) is 2. The minimum atomic E-state index is 0.243. The predicted octanol–water partition coefficient (Wildman–Crippen LogP) is 3.16. The fraction of sp³-hybridized carbons (Fsp3) is 0.647. The van der Waals surface area contributed by atoms with Crippen LogP contribution in [0.5, 0.6) is 5.75 Å². The lowest BCUT2D eigenvalue weighted by Crippen LogP contribution is -2.36. The van der Waals surface area contributed by atoms with E-state index < -0.39 is 0 Å². The largest absolute Gasteiger partial charge is 0.497 e. The molecule has 0 bridgehead atoms. The molecule has 0 aliphatic heterocycles. The molecule has 4 heteroatoms. The molecular formula is C17H27NO2S. The molecule has 0 saturated heterocycles. The number of aliphatic hydroxyl groups is 1. The monoisotopic (exact) mass is 309 g/mol. The third-order valence-corrected chi connectivity index (χ3v) is 5.51. The Kier molecular flexibility index (Phi) is 6.40. The number of aliphatic hydroxyl groups excluding tert-OH is 1. The Morgan fingerprint density at radius 3 is 2.95 bits per heavy atom. The molecule has 1 aromatic rings. The van der Waals surface area contributed by atoms with Crippen LogP contribution in [0.15, 0.2) is 18.2 Å². The molecule has 2 rings (SSSR count). The van der Waals surface area contributed by atoms with Gasteiger partial charge in [0.15, 0.2) is 0 Å². The third-order valence-electron chi connectivity index (χ3n) is 4.04. The number of fused-ring (bicyclic) bond motifs is 1. The Morgan fingerprint density at radius 1 is 1.48 bits per heavy atom. The van der Waals surface area contributed by atoms with Gasteiger partial charge in [0.05, 0.1) is 13.7 Å². The number of aryl methyl sites for hydroxylation is 1. The summed E-state index contributed by atoms with van der Waals surface area (Å²) in [6.45, 7) is 5.56. The van der Waals surface area contributed by atoms with Crippen molar-refractivity contribution in [1.29, 1.82) is 0 Å². The number of benzene rings is 1. The Balaban J connectivity index is 2.24. The van der Waals surface area contributed by atoms with Crippen LogP contribution in [0.25, 0.3) is 0 Å². The molecule has 21 heavy (non-hydrogen) atoms. The van der Waals surface area contributed by atoms with Gasteiger partial charge in [-0.3, -0.25) is 0 Å². The van der Waals surface area contributed by atoms with E-state index in [-0.39, 0.29) is 11.9 Å². The lowest BCUT2D eigenvalue weighted by molar-refractivity contribution is 0.299. The van der Waals surface area contributed by atoms with E-state index in [0.29, 0.717) is 11.3 Å². The summed E-state index contributed by atoms with van der Waals surface area (Å²) in [5, 5.41) is 13.8. The van der Waals surface area contributed by atoms with Gasteiger partial charge >= 0.3 is 0 Å². The van der Waals surface area contributed by atoms with Crippen LogP contribution in [0.1, 0.15) is 43.9 Å². The van der Waals surface area contributed by atoms with E-state index in [1.807, 2.05) is 11.8 Å². The average Bonchev–Trinajstić information content (AvgIpc) is 2.52. The smallest absolute Gasteiger partial charge is 0.119 e. The van der Waals surface area contributed by atoms with Crippen LogP contribution in [-0.2, 0) is 6.42 Å². The number of methoxy groups -OCH3 is 1. The fourth-order valence-electron chi connectivity index (χ4n) is 2.91. The van der Waals surface area contributed by atoms with Crippen LogP contribution in [0.4, 0.5) is 0 Å². The van der Waals surface area contributed by atoms with Crippen LogP contribution in [-0.4, -0.2) is 35.9 Å². The van der Waals surface area contributed by atoms with Crippen molar-refractivity contribution in [2.45, 2.75) is 49.7 Å². The van der Waals surface area contributed by atoms with Gasteiger partial charge in [-0.05, 0) is 49.1 Å². The van der Waals surface area contributed by atoms with E-state index in [2.05, 4.69) is 37.4 Å². The molecule has 1 aliphatic rings. The van der Waals surface area contributed by atoms with Crippen LogP contribution < -0.4 is 10.1 Å². The molecule has 0 heterocycles. The van der Waals surface area contributed by atoms with Crippen molar-refractivity contribution in [1.82, 2.24) is 5.32 Å². The summed E-state index contributed by atoms with van der Waals surface area (Å²) < 4.78 is 5.40. The van der Waals surface area contributed by atoms with Gasteiger partial charge < -0.3 is 15.2 Å². The molecule has 2 N–H and O–H groups in total. The van der Waals surface area contributed by atoms with Crippen LogP contribution >= 0.6 is 11.8 Å². The number of hydrogen-bond acceptors (Lipinski definition) is 4. The molecule has 0 amide bonds. The van der Waals surface area contributed by atoms with Crippen LogP contribution in [0.3, 0.4) is 0 Å². The standard InChI is InChI=1S/C17H27NO2S/c1-4-9-18-17-15-10-14(20-3)7-5-13(15)6-8-16(17)21-12(2)11-19/h5,7,10,12,16-19H,4,6,8-9,11H2,1-3H3. The van der Waals surface area contributed by atoms with Crippen molar-refractivity contribution in [2.75, 3.05) is 20.3 Å². The van der Waals surface area contributed by atoms with Gasteiger partial charge in [-0.1, -0.05) is 19.9 Å². The summed E-state index contributed by atoms with van der Waals surface area (Å²) in [6, 6.07) is 6.78. The van der Waals surface area contributed by atoms with Crippen molar-refractivity contribution in [3.05, 3.63) is 29.3 Å². The summed E-state index contributed by atoms with van der Waals surface area (Å²) in [4.78, 5) is 0. The van der Waals surface area contributed by atoms with Gasteiger partial charge in [0, 0.05) is 16.5 Å². The zero-order chi connectivity index (χ0) is 15.2. The van der Waals surface area contributed by atoms with E-state index in [0.717, 1.165) is 31.6 Å². The first-order valence-corrected chi connectivity index (χ1v) is 8.80. The molecular weight excluding hydrogens is 282 g/mol. The van der Waals surface area contributed by atoms with E-state index in [4.69, 9.17) is 4.74 Å². The van der Waals surface area contributed by atoms with Gasteiger partial charge in [-0.15, -0.1) is 0 Å². The van der Waals surface area contributed by atoms with Gasteiger partial charge in [0.1, 0.15) is 5.75 Å². The summed E-state index contributed by atoms with van der Waals surface area (Å²) >= 11 is 1.90. The minimum Gasteiger partial charge on any atom is -0.497 e. The number of ether oxygens (including phenoxy) is 1. The van der Waals surface area contributed by atoms with Crippen molar-refractivity contribution in [3.8, 4) is 5.75 Å². The van der Waals surface area contributed by atoms with E-state index >= 15 is 0 Å². The second-order valence-electron chi connectivity index (χ2n) is 5.70. The molecule has 0 aromatic heterocycles. The first-order chi connectivity index (χ1) is 10.2. The van der Waals surface area contributed by atoms with Crippen molar-refractivity contribution in [2.24, 2.45) is 0 Å². The van der Waals surface area contributed by atoms with Gasteiger partial charge in [-0.25, -0.2) is 0 Å². The number of rotatable bonds is 7. The highest BCUT2D eigenvalue weighted by molar-refractivity contribution is 8.00. The lowest BCUT2D eigenvalue weighted by atomic mass is 9.87. The molecule has 0 saturated carbocycles. The van der Waals surface area contributed by atoms with Gasteiger partial charge in [-0.2, -0.15) is 11.8 Å². The van der Waals surface area contributed by atoms with E-state index in [1.54, 1.807) is 7.11 Å². The Morgan fingerprint density at radius 2 is 2.29 bits per heavy atom. The van der Waals surface area contributed by atoms with E-state index in [9.17, 15) is 5.11 Å². The van der Waals surface area contributed by atoms with Crippen molar-refractivity contribution >= 4 is 11.8 Å². The van der Waals surface area contributed by atoms with Crippen molar-refractivity contribution < 1.29 is 9.84 Å². The molecule has 0 fully saturated rings. The minimum absolute atomic E-state index is 0.243. The fourth-order valence-corrected chi connectivity index (χ4v) is 4.25. The Bertz CT molecular complexity index is 452. The normalized spacial score (nSPS) is 22.7. The Labute approximate surface area is 132 Å². The van der Waals surface area contributed by atoms with E-state index in [1.165, 1.54) is 11.1 Å². The first kappa shape index (κ1) is 16.7. The quantitative estimate of drug-likeness (QED) is 0.812. The molecule has 3 atom stereocenters. The van der Waals surface area contributed by atoms with Gasteiger partial charge in [0.25, 0.3) is 0 Å². The predicted molar refractivity (Wildman–Crippen MR) is 90.3 cm³/mol. The lowest BCUT2D eigenvalue weighted by Gasteiger charge is -2.35. The summed E-state index contributed by atoms with van der Waals surface area (Å²) in [5.74, 6) is 0.929. The maximum absolute atomic E-state index is 9.34. The highest BCUT2D eigenvalue weighted by Crippen LogP contribution is 2.39. The molecule has 1 aliphatic carbocycles. The maximum atomic E-state index is 9.34.